The van der Waals surface area contributed by atoms with Crippen LogP contribution >= 0.6 is 0 Å². The minimum absolute atomic E-state index is 0.0125. The second kappa shape index (κ2) is 5.68. The number of nitrogens with one attached hydrogen (secondary N) is 3. The van der Waals surface area contributed by atoms with Gasteiger partial charge in [0.1, 0.15) is 5.84 Å². The van der Waals surface area contributed by atoms with E-state index in [2.05, 4.69) is 9.44 Å². The third kappa shape index (κ3) is 5.82. The number of nitrogens with two attached hydrogens (primary N) is 1. The van der Waals surface area contributed by atoms with Crippen molar-refractivity contribution < 1.29 is 8.42 Å². The lowest BCUT2D eigenvalue weighted by molar-refractivity contribution is 0.483. The molecule has 0 amide bonds. The summed E-state index contributed by atoms with van der Waals surface area (Å²) in [6, 6.07) is 6.83. The van der Waals surface area contributed by atoms with Gasteiger partial charge < -0.3 is 5.73 Å². The maximum atomic E-state index is 11.7. The number of benzene rings is 1. The van der Waals surface area contributed by atoms with Gasteiger partial charge in [-0.05, 0) is 26.3 Å². The summed E-state index contributed by atoms with van der Waals surface area (Å²) in [5, 5.41) is 7.26. The van der Waals surface area contributed by atoms with Crippen molar-refractivity contribution in [2.24, 2.45) is 5.73 Å². The van der Waals surface area contributed by atoms with Gasteiger partial charge in [-0.15, -0.1) is 0 Å². The van der Waals surface area contributed by atoms with Gasteiger partial charge in [0, 0.05) is 17.6 Å². The van der Waals surface area contributed by atoms with Crippen molar-refractivity contribution in [2.75, 3.05) is 0 Å². The van der Waals surface area contributed by atoms with Gasteiger partial charge in [0.2, 0.25) is 0 Å². The van der Waals surface area contributed by atoms with E-state index in [0.29, 0.717) is 5.56 Å². The third-order valence-corrected chi connectivity index (χ3v) is 3.58. The first-order valence-corrected chi connectivity index (χ1v) is 7.29. The SMILES string of the molecule is CC(C)(C)NS(=O)(=O)NCc1ccc(C(=N)N)cc1. The maximum absolute atomic E-state index is 11.7. The minimum atomic E-state index is -3.53. The molecular formula is C12H20N4O2S. The first kappa shape index (κ1) is 15.6. The van der Waals surface area contributed by atoms with E-state index < -0.39 is 15.7 Å². The quantitative estimate of drug-likeness (QED) is 0.472. The van der Waals surface area contributed by atoms with Gasteiger partial charge in [-0.3, -0.25) is 5.41 Å². The van der Waals surface area contributed by atoms with Crippen LogP contribution in [0.2, 0.25) is 0 Å². The summed E-state index contributed by atoms with van der Waals surface area (Å²) in [6.07, 6.45) is 0. The molecule has 0 aliphatic carbocycles. The molecule has 0 aliphatic rings. The Labute approximate surface area is 114 Å². The first-order valence-electron chi connectivity index (χ1n) is 5.81. The number of amidine groups is 1. The van der Waals surface area contributed by atoms with Crippen molar-refractivity contribution in [1.82, 2.24) is 9.44 Å². The zero-order valence-corrected chi connectivity index (χ0v) is 12.1. The Morgan fingerprint density at radius 1 is 1.26 bits per heavy atom. The van der Waals surface area contributed by atoms with E-state index in [9.17, 15) is 8.42 Å². The summed E-state index contributed by atoms with van der Waals surface area (Å²) in [5.41, 5.74) is 6.22. The predicted octanol–water partition coefficient (Wildman–Crippen LogP) is 0.693. The summed E-state index contributed by atoms with van der Waals surface area (Å²) >= 11 is 0. The fourth-order valence-corrected chi connectivity index (χ4v) is 2.65. The Morgan fingerprint density at radius 3 is 2.21 bits per heavy atom. The van der Waals surface area contributed by atoms with Crippen molar-refractivity contribution in [3.63, 3.8) is 0 Å². The van der Waals surface area contributed by atoms with Crippen LogP contribution in [0.25, 0.3) is 0 Å². The molecule has 0 saturated carbocycles. The van der Waals surface area contributed by atoms with Crippen molar-refractivity contribution in [3.8, 4) is 0 Å². The van der Waals surface area contributed by atoms with E-state index in [-0.39, 0.29) is 12.4 Å². The average Bonchev–Trinajstić information content (AvgIpc) is 2.24. The first-order chi connectivity index (χ1) is 8.59. The van der Waals surface area contributed by atoms with Crippen LogP contribution < -0.4 is 15.2 Å². The smallest absolute Gasteiger partial charge is 0.277 e. The van der Waals surface area contributed by atoms with Crippen LogP contribution in [0, 0.1) is 5.41 Å². The maximum Gasteiger partial charge on any atom is 0.277 e. The monoisotopic (exact) mass is 284 g/mol. The molecule has 0 bridgehead atoms. The van der Waals surface area contributed by atoms with E-state index in [1.54, 1.807) is 45.0 Å². The van der Waals surface area contributed by atoms with Crippen molar-refractivity contribution in [2.45, 2.75) is 32.9 Å². The number of hydrogen-bond donors (Lipinski definition) is 4. The van der Waals surface area contributed by atoms with Crippen molar-refractivity contribution in [1.29, 1.82) is 5.41 Å². The lowest BCUT2D eigenvalue weighted by Gasteiger charge is -2.20. The number of hydrogen-bond acceptors (Lipinski definition) is 3. The molecule has 0 aromatic heterocycles. The summed E-state index contributed by atoms with van der Waals surface area (Å²) in [7, 11) is -3.53. The average molecular weight is 284 g/mol. The normalized spacial score (nSPS) is 12.4. The molecular weight excluding hydrogens is 264 g/mol. The standard InChI is InChI=1S/C12H20N4O2S/c1-12(2,3)16-19(17,18)15-8-9-4-6-10(7-5-9)11(13)14/h4-7,15-16H,8H2,1-3H3,(H3,13,14). The van der Waals surface area contributed by atoms with E-state index >= 15 is 0 Å². The zero-order chi connectivity index (χ0) is 14.7. The predicted molar refractivity (Wildman–Crippen MR) is 76.1 cm³/mol. The van der Waals surface area contributed by atoms with Crippen LogP contribution in [-0.4, -0.2) is 19.8 Å². The molecule has 1 aromatic rings. The van der Waals surface area contributed by atoms with E-state index in [0.717, 1.165) is 5.56 Å². The van der Waals surface area contributed by atoms with Crippen LogP contribution in [0.5, 0.6) is 0 Å². The molecule has 0 atom stereocenters. The van der Waals surface area contributed by atoms with Gasteiger partial charge in [0.25, 0.3) is 10.2 Å². The van der Waals surface area contributed by atoms with Gasteiger partial charge in [0.05, 0.1) is 0 Å². The topological polar surface area (TPSA) is 108 Å². The Bertz CT molecular complexity index is 544. The molecule has 0 fully saturated rings. The van der Waals surface area contributed by atoms with Crippen LogP contribution in [-0.2, 0) is 16.8 Å². The van der Waals surface area contributed by atoms with Crippen molar-refractivity contribution >= 4 is 16.0 Å². The molecule has 0 spiro atoms. The zero-order valence-electron chi connectivity index (χ0n) is 11.3. The highest BCUT2D eigenvalue weighted by Crippen LogP contribution is 2.05. The second-order valence-electron chi connectivity index (χ2n) is 5.29. The van der Waals surface area contributed by atoms with Gasteiger partial charge in [-0.25, -0.2) is 0 Å². The second-order valence-corrected chi connectivity index (χ2v) is 6.79. The molecule has 5 N–H and O–H groups in total. The molecule has 106 valence electrons. The Kier molecular flexibility index (Phi) is 4.67. The summed E-state index contributed by atoms with van der Waals surface area (Å²) in [4.78, 5) is 0. The van der Waals surface area contributed by atoms with Gasteiger partial charge >= 0.3 is 0 Å². The fraction of sp³-hybridized carbons (Fsp3) is 0.417. The van der Waals surface area contributed by atoms with E-state index in [1.807, 2.05) is 0 Å². The van der Waals surface area contributed by atoms with E-state index in [1.165, 1.54) is 0 Å². The molecule has 0 saturated heterocycles. The van der Waals surface area contributed by atoms with Crippen LogP contribution in [0.4, 0.5) is 0 Å². The van der Waals surface area contributed by atoms with Crippen LogP contribution in [0.1, 0.15) is 31.9 Å². The van der Waals surface area contributed by atoms with Crippen molar-refractivity contribution in [3.05, 3.63) is 35.4 Å². The Balaban J connectivity index is 2.64. The molecule has 0 heterocycles. The summed E-state index contributed by atoms with van der Waals surface area (Å²) in [5.74, 6) is -0.0125. The highest BCUT2D eigenvalue weighted by molar-refractivity contribution is 7.87. The minimum Gasteiger partial charge on any atom is -0.384 e. The third-order valence-electron chi connectivity index (χ3n) is 2.17. The number of nitrogen functional groups attached to an aromatic ring is 1. The highest BCUT2D eigenvalue weighted by atomic mass is 32.2. The van der Waals surface area contributed by atoms with Gasteiger partial charge in [-0.2, -0.15) is 17.9 Å². The van der Waals surface area contributed by atoms with Gasteiger partial charge in [0.15, 0.2) is 0 Å². The lowest BCUT2D eigenvalue weighted by atomic mass is 10.1. The molecule has 6 nitrogen and oxygen atoms in total. The van der Waals surface area contributed by atoms with Crippen LogP contribution in [0.3, 0.4) is 0 Å². The summed E-state index contributed by atoms with van der Waals surface area (Å²) < 4.78 is 28.4. The largest absolute Gasteiger partial charge is 0.384 e. The van der Waals surface area contributed by atoms with Gasteiger partial charge in [-0.1, -0.05) is 24.3 Å². The van der Waals surface area contributed by atoms with Crippen LogP contribution in [0.15, 0.2) is 24.3 Å². The molecule has 0 aliphatic heterocycles. The molecule has 1 aromatic carbocycles. The Morgan fingerprint density at radius 2 is 1.79 bits per heavy atom. The van der Waals surface area contributed by atoms with E-state index in [4.69, 9.17) is 11.1 Å². The summed E-state index contributed by atoms with van der Waals surface area (Å²) in [6.45, 7) is 5.50. The molecule has 0 unspecified atom stereocenters. The number of rotatable bonds is 5. The fourth-order valence-electron chi connectivity index (χ4n) is 1.42. The highest BCUT2D eigenvalue weighted by Gasteiger charge is 2.19. The molecule has 0 radical (unpaired) electrons. The Hall–Kier alpha value is -1.44. The molecule has 1 rings (SSSR count). The molecule has 7 heteroatoms. The molecule has 19 heavy (non-hydrogen) atoms. The lowest BCUT2D eigenvalue weighted by Crippen LogP contribution is -2.46.